The average molecular weight is 356 g/mol. The number of hydrogen-bond acceptors (Lipinski definition) is 4. The molecule has 0 aliphatic carbocycles. The Kier molecular flexibility index (Phi) is 6.61. The monoisotopic (exact) mass is 356 g/mol. The van der Waals surface area contributed by atoms with Crippen molar-refractivity contribution in [2.75, 3.05) is 13.2 Å². The molecule has 3 amide bonds. The molecular formula is C19H17FN2O4. The van der Waals surface area contributed by atoms with Crippen LogP contribution in [0, 0.1) is 5.82 Å². The van der Waals surface area contributed by atoms with Crippen LogP contribution in [0.15, 0.2) is 61.2 Å². The Bertz CT molecular complexity index is 801. The highest BCUT2D eigenvalue weighted by Crippen LogP contribution is 2.16. The number of rotatable bonds is 7. The summed E-state index contributed by atoms with van der Waals surface area (Å²) in [6.07, 6.45) is 1.48. The van der Waals surface area contributed by atoms with E-state index in [-0.39, 0.29) is 18.9 Å². The molecule has 0 unspecified atom stereocenters. The van der Waals surface area contributed by atoms with E-state index in [1.807, 2.05) is 0 Å². The van der Waals surface area contributed by atoms with Crippen molar-refractivity contribution in [1.82, 2.24) is 10.6 Å². The number of nitrogens with one attached hydrogen (secondary N) is 2. The predicted octanol–water partition coefficient (Wildman–Crippen LogP) is 2.45. The number of carbonyl (C=O) groups is 3. The van der Waals surface area contributed by atoms with Crippen LogP contribution in [0.2, 0.25) is 0 Å². The lowest BCUT2D eigenvalue weighted by molar-refractivity contribution is -0.122. The molecule has 0 saturated carbocycles. The number of imide groups is 1. The molecule has 134 valence electrons. The van der Waals surface area contributed by atoms with E-state index >= 15 is 0 Å². The van der Waals surface area contributed by atoms with Gasteiger partial charge in [0.05, 0.1) is 0 Å². The maximum Gasteiger partial charge on any atom is 0.321 e. The van der Waals surface area contributed by atoms with Crippen molar-refractivity contribution >= 4 is 17.7 Å². The van der Waals surface area contributed by atoms with Gasteiger partial charge in [-0.2, -0.15) is 0 Å². The minimum absolute atomic E-state index is 0.240. The first kappa shape index (κ1) is 18.9. The number of ether oxygens (including phenoxy) is 1. The summed E-state index contributed by atoms with van der Waals surface area (Å²) in [5.74, 6) is -0.921. The number of amides is 3. The molecule has 0 radical (unpaired) electrons. The number of benzene rings is 2. The fourth-order valence-corrected chi connectivity index (χ4v) is 1.99. The van der Waals surface area contributed by atoms with Crippen LogP contribution in [0.4, 0.5) is 9.18 Å². The van der Waals surface area contributed by atoms with E-state index in [0.29, 0.717) is 16.9 Å². The van der Waals surface area contributed by atoms with E-state index in [4.69, 9.17) is 4.74 Å². The van der Waals surface area contributed by atoms with Gasteiger partial charge in [-0.05, 0) is 48.5 Å². The standard InChI is InChI=1S/C19H17FN2O4/c1-2-11-21-19(25)22-17(23)12-26-16-9-5-14(6-10-16)18(24)13-3-7-15(20)8-4-13/h2-10H,1,11-12H2,(H2,21,22,23,25). The van der Waals surface area contributed by atoms with Crippen molar-refractivity contribution < 1.29 is 23.5 Å². The molecule has 0 atom stereocenters. The second-order valence-electron chi connectivity index (χ2n) is 5.20. The summed E-state index contributed by atoms with van der Waals surface area (Å²) in [6.45, 7) is 3.32. The fourth-order valence-electron chi connectivity index (χ4n) is 1.99. The fraction of sp³-hybridized carbons (Fsp3) is 0.105. The highest BCUT2D eigenvalue weighted by molar-refractivity contribution is 6.09. The molecule has 6 nitrogen and oxygen atoms in total. The zero-order chi connectivity index (χ0) is 18.9. The zero-order valence-electron chi connectivity index (χ0n) is 13.8. The van der Waals surface area contributed by atoms with Crippen LogP contribution in [-0.4, -0.2) is 30.9 Å². The van der Waals surface area contributed by atoms with Gasteiger partial charge in [0.1, 0.15) is 11.6 Å². The Morgan fingerprint density at radius 2 is 1.58 bits per heavy atom. The van der Waals surface area contributed by atoms with Crippen LogP contribution >= 0.6 is 0 Å². The molecule has 7 heteroatoms. The molecule has 2 aromatic rings. The van der Waals surface area contributed by atoms with Gasteiger partial charge in [-0.3, -0.25) is 14.9 Å². The van der Waals surface area contributed by atoms with Crippen molar-refractivity contribution in [3.63, 3.8) is 0 Å². The number of hydrogen-bond donors (Lipinski definition) is 2. The Labute approximate surface area is 149 Å². The summed E-state index contributed by atoms with van der Waals surface area (Å²) >= 11 is 0. The van der Waals surface area contributed by atoms with Crippen molar-refractivity contribution in [1.29, 1.82) is 0 Å². The van der Waals surface area contributed by atoms with Crippen LogP contribution in [0.3, 0.4) is 0 Å². The van der Waals surface area contributed by atoms with Crippen LogP contribution in [-0.2, 0) is 4.79 Å². The minimum Gasteiger partial charge on any atom is -0.484 e. The molecule has 0 aromatic heterocycles. The predicted molar refractivity (Wildman–Crippen MR) is 93.5 cm³/mol. The Balaban J connectivity index is 1.88. The highest BCUT2D eigenvalue weighted by Gasteiger charge is 2.10. The summed E-state index contributed by atoms with van der Waals surface area (Å²) < 4.78 is 18.2. The highest BCUT2D eigenvalue weighted by atomic mass is 19.1. The lowest BCUT2D eigenvalue weighted by atomic mass is 10.0. The number of halogens is 1. The van der Waals surface area contributed by atoms with Crippen LogP contribution in [0.1, 0.15) is 15.9 Å². The van der Waals surface area contributed by atoms with Gasteiger partial charge in [0.25, 0.3) is 5.91 Å². The van der Waals surface area contributed by atoms with Crippen molar-refractivity contribution in [3.05, 3.63) is 78.1 Å². The lowest BCUT2D eigenvalue weighted by Gasteiger charge is -2.08. The Morgan fingerprint density at radius 1 is 1.00 bits per heavy atom. The molecule has 0 spiro atoms. The van der Waals surface area contributed by atoms with Crippen molar-refractivity contribution in [3.8, 4) is 5.75 Å². The van der Waals surface area contributed by atoms with Crippen LogP contribution < -0.4 is 15.4 Å². The number of urea groups is 1. The number of ketones is 1. The molecular weight excluding hydrogens is 339 g/mol. The molecule has 0 fully saturated rings. The summed E-state index contributed by atoms with van der Waals surface area (Å²) in [5.41, 5.74) is 0.766. The van der Waals surface area contributed by atoms with E-state index in [1.165, 1.54) is 54.6 Å². The Morgan fingerprint density at radius 3 is 2.15 bits per heavy atom. The second-order valence-corrected chi connectivity index (χ2v) is 5.20. The first-order valence-electron chi connectivity index (χ1n) is 7.71. The van der Waals surface area contributed by atoms with E-state index in [1.54, 1.807) is 0 Å². The molecule has 2 N–H and O–H groups in total. The lowest BCUT2D eigenvalue weighted by Crippen LogP contribution is -2.41. The molecule has 2 aromatic carbocycles. The third-order valence-electron chi connectivity index (χ3n) is 3.25. The third-order valence-corrected chi connectivity index (χ3v) is 3.25. The molecule has 2 rings (SSSR count). The van der Waals surface area contributed by atoms with Crippen molar-refractivity contribution in [2.45, 2.75) is 0 Å². The van der Waals surface area contributed by atoms with E-state index in [2.05, 4.69) is 17.2 Å². The first-order valence-corrected chi connectivity index (χ1v) is 7.71. The van der Waals surface area contributed by atoms with Crippen molar-refractivity contribution in [2.24, 2.45) is 0 Å². The van der Waals surface area contributed by atoms with E-state index < -0.39 is 17.8 Å². The Hall–Kier alpha value is -3.48. The summed E-state index contributed by atoms with van der Waals surface area (Å²) in [6, 6.07) is 10.7. The molecule has 0 aliphatic heterocycles. The van der Waals surface area contributed by atoms with Gasteiger partial charge in [-0.15, -0.1) is 6.58 Å². The van der Waals surface area contributed by atoms with Gasteiger partial charge < -0.3 is 10.1 Å². The molecule has 0 aliphatic rings. The van der Waals surface area contributed by atoms with E-state index in [0.717, 1.165) is 0 Å². The van der Waals surface area contributed by atoms with Gasteiger partial charge in [0.2, 0.25) is 0 Å². The van der Waals surface area contributed by atoms with Gasteiger partial charge >= 0.3 is 6.03 Å². The van der Waals surface area contributed by atoms with Gasteiger partial charge in [0, 0.05) is 17.7 Å². The number of carbonyl (C=O) groups excluding carboxylic acids is 3. The minimum atomic E-state index is -0.640. The molecule has 0 heterocycles. The van der Waals surface area contributed by atoms with Gasteiger partial charge in [-0.1, -0.05) is 6.08 Å². The third kappa shape index (κ3) is 5.55. The molecule has 0 saturated heterocycles. The first-order chi connectivity index (χ1) is 12.5. The normalized spacial score (nSPS) is 9.88. The maximum absolute atomic E-state index is 12.9. The SMILES string of the molecule is C=CCNC(=O)NC(=O)COc1ccc(C(=O)c2ccc(F)cc2)cc1. The van der Waals surface area contributed by atoms with Gasteiger partial charge in [0.15, 0.2) is 12.4 Å². The van der Waals surface area contributed by atoms with Crippen LogP contribution in [0.25, 0.3) is 0 Å². The summed E-state index contributed by atoms with van der Waals surface area (Å²) in [7, 11) is 0. The van der Waals surface area contributed by atoms with Crippen LogP contribution in [0.5, 0.6) is 5.75 Å². The smallest absolute Gasteiger partial charge is 0.321 e. The second kappa shape index (κ2) is 9.12. The molecule has 0 bridgehead atoms. The quantitative estimate of drug-likeness (QED) is 0.590. The van der Waals surface area contributed by atoms with E-state index in [9.17, 15) is 18.8 Å². The zero-order valence-corrected chi connectivity index (χ0v) is 13.8. The maximum atomic E-state index is 12.9. The topological polar surface area (TPSA) is 84.5 Å². The average Bonchev–Trinajstić information content (AvgIpc) is 2.65. The largest absolute Gasteiger partial charge is 0.484 e. The van der Waals surface area contributed by atoms with Gasteiger partial charge in [-0.25, -0.2) is 9.18 Å². The molecule has 26 heavy (non-hydrogen) atoms. The summed E-state index contributed by atoms with van der Waals surface area (Å²) in [5, 5.41) is 4.49. The summed E-state index contributed by atoms with van der Waals surface area (Å²) in [4.78, 5) is 35.1.